The van der Waals surface area contributed by atoms with Crippen LogP contribution in [0.2, 0.25) is 0 Å². The number of piperidine rings is 1. The molecule has 1 fully saturated rings. The number of hydrogen-bond acceptors (Lipinski definition) is 4. The van der Waals surface area contributed by atoms with E-state index >= 15 is 0 Å². The number of hydrogen-bond donors (Lipinski definition) is 0. The molecule has 0 unspecified atom stereocenters. The third-order valence-corrected chi connectivity index (χ3v) is 5.18. The van der Waals surface area contributed by atoms with E-state index in [4.69, 9.17) is 0 Å². The highest BCUT2D eigenvalue weighted by atomic mass is 32.2. The minimum atomic E-state index is -0.739. The normalized spacial score (nSPS) is 17.2. The molecule has 0 radical (unpaired) electrons. The van der Waals surface area contributed by atoms with E-state index < -0.39 is 23.3 Å². The highest BCUT2D eigenvalue weighted by molar-refractivity contribution is 7.98. The minimum Gasteiger partial charge on any atom is -0.338 e. The van der Waals surface area contributed by atoms with Crippen molar-refractivity contribution in [1.29, 1.82) is 0 Å². The highest BCUT2D eigenvalue weighted by Crippen LogP contribution is 2.26. The summed E-state index contributed by atoms with van der Waals surface area (Å²) in [5.41, 5.74) is 0.237. The number of Topliss-reactive ketones (excluding diaryl/α,β-unsaturated/α-hetero) is 1. The molecule has 1 atom stereocenters. The van der Waals surface area contributed by atoms with Crippen LogP contribution < -0.4 is 0 Å². The smallest absolute Gasteiger partial charge is 0.256 e. The predicted octanol–water partition coefficient (Wildman–Crippen LogP) is 3.82. The van der Waals surface area contributed by atoms with Crippen LogP contribution >= 0.6 is 11.8 Å². The number of nitrogens with zero attached hydrogens (tertiary/aromatic N) is 2. The number of thioether (sulfide) groups is 1. The molecule has 0 aliphatic carbocycles. The van der Waals surface area contributed by atoms with Gasteiger partial charge in [0.1, 0.15) is 16.7 Å². The first-order chi connectivity index (χ1) is 12.5. The van der Waals surface area contributed by atoms with Crippen molar-refractivity contribution >= 4 is 23.5 Å². The SMILES string of the molecule is CSc1ncccc1C(=O)N1CCC[C@H](C(=O)c2cc(F)ccc2F)C1. The molecule has 4 nitrogen and oxygen atoms in total. The topological polar surface area (TPSA) is 50.3 Å². The van der Waals surface area contributed by atoms with Gasteiger partial charge in [-0.3, -0.25) is 9.59 Å². The molecule has 136 valence electrons. The first-order valence-electron chi connectivity index (χ1n) is 8.29. The lowest BCUT2D eigenvalue weighted by molar-refractivity contribution is 0.0632. The molecule has 1 saturated heterocycles. The number of amides is 1. The van der Waals surface area contributed by atoms with Crippen LogP contribution in [-0.2, 0) is 0 Å². The lowest BCUT2D eigenvalue weighted by atomic mass is 9.89. The zero-order valence-electron chi connectivity index (χ0n) is 14.2. The molecule has 0 spiro atoms. The molecule has 1 aliphatic heterocycles. The Hall–Kier alpha value is -2.28. The zero-order valence-corrected chi connectivity index (χ0v) is 15.1. The van der Waals surface area contributed by atoms with Gasteiger partial charge in [0, 0.05) is 25.2 Å². The molecule has 3 rings (SSSR count). The average molecular weight is 376 g/mol. The van der Waals surface area contributed by atoms with E-state index in [1.807, 2.05) is 6.26 Å². The highest BCUT2D eigenvalue weighted by Gasteiger charge is 2.31. The minimum absolute atomic E-state index is 0.191. The van der Waals surface area contributed by atoms with Crippen molar-refractivity contribution in [3.63, 3.8) is 0 Å². The molecule has 0 saturated carbocycles. The quantitative estimate of drug-likeness (QED) is 0.601. The van der Waals surface area contributed by atoms with Crippen molar-refractivity contribution in [3.8, 4) is 0 Å². The molecule has 7 heteroatoms. The first kappa shape index (κ1) is 18.5. The number of benzene rings is 1. The second-order valence-corrected chi connectivity index (χ2v) is 6.93. The van der Waals surface area contributed by atoms with Crippen molar-refractivity contribution in [2.45, 2.75) is 17.9 Å². The number of pyridine rings is 1. The second kappa shape index (κ2) is 7.95. The Labute approximate surface area is 154 Å². The molecule has 1 aromatic heterocycles. The number of rotatable bonds is 4. The molecule has 0 bridgehead atoms. The summed E-state index contributed by atoms with van der Waals surface area (Å²) in [6.07, 6.45) is 4.64. The summed E-state index contributed by atoms with van der Waals surface area (Å²) in [5.74, 6) is -2.59. The van der Waals surface area contributed by atoms with E-state index in [0.717, 1.165) is 18.2 Å². The fourth-order valence-corrected chi connectivity index (χ4v) is 3.71. The van der Waals surface area contributed by atoms with E-state index in [9.17, 15) is 18.4 Å². The maximum atomic E-state index is 13.9. The summed E-state index contributed by atoms with van der Waals surface area (Å²) in [6.45, 7) is 0.716. The Kier molecular flexibility index (Phi) is 5.66. The van der Waals surface area contributed by atoms with Crippen molar-refractivity contribution in [2.75, 3.05) is 19.3 Å². The van der Waals surface area contributed by atoms with Gasteiger partial charge in [0.25, 0.3) is 5.91 Å². The molecule has 1 aromatic carbocycles. The maximum absolute atomic E-state index is 13.9. The number of halogens is 2. The summed E-state index contributed by atoms with van der Waals surface area (Å²) >= 11 is 1.38. The van der Waals surface area contributed by atoms with Gasteiger partial charge in [-0.15, -0.1) is 11.8 Å². The lowest BCUT2D eigenvalue weighted by Crippen LogP contribution is -2.42. The van der Waals surface area contributed by atoms with Crippen LogP contribution in [0.5, 0.6) is 0 Å². The van der Waals surface area contributed by atoms with Crippen molar-refractivity contribution < 1.29 is 18.4 Å². The largest absolute Gasteiger partial charge is 0.338 e. The Morgan fingerprint density at radius 2 is 2.04 bits per heavy atom. The molecule has 0 N–H and O–H groups in total. The van der Waals surface area contributed by atoms with Crippen molar-refractivity contribution in [2.24, 2.45) is 5.92 Å². The monoisotopic (exact) mass is 376 g/mol. The van der Waals surface area contributed by atoms with Crippen LogP contribution in [-0.4, -0.2) is 40.9 Å². The van der Waals surface area contributed by atoms with Gasteiger partial charge in [-0.1, -0.05) is 0 Å². The molecule has 1 amide bonds. The summed E-state index contributed by atoms with van der Waals surface area (Å²) in [6, 6.07) is 6.26. The molecule has 26 heavy (non-hydrogen) atoms. The van der Waals surface area contributed by atoms with Crippen LogP contribution in [0.15, 0.2) is 41.6 Å². The van der Waals surface area contributed by atoms with Gasteiger partial charge in [0.15, 0.2) is 5.78 Å². The Morgan fingerprint density at radius 1 is 1.23 bits per heavy atom. The first-order valence-corrected chi connectivity index (χ1v) is 9.51. The van der Waals surface area contributed by atoms with Crippen molar-refractivity contribution in [3.05, 3.63) is 59.3 Å². The van der Waals surface area contributed by atoms with Crippen LogP contribution in [0.3, 0.4) is 0 Å². The van der Waals surface area contributed by atoms with E-state index in [1.54, 1.807) is 23.2 Å². The van der Waals surface area contributed by atoms with E-state index in [1.165, 1.54) is 11.8 Å². The van der Waals surface area contributed by atoms with Crippen LogP contribution in [0.1, 0.15) is 33.6 Å². The van der Waals surface area contributed by atoms with Gasteiger partial charge in [0.05, 0.1) is 11.1 Å². The van der Waals surface area contributed by atoms with Crippen LogP contribution in [0.25, 0.3) is 0 Å². The Balaban J connectivity index is 1.80. The third-order valence-electron chi connectivity index (χ3n) is 4.47. The van der Waals surface area contributed by atoms with E-state index in [0.29, 0.717) is 30.0 Å². The van der Waals surface area contributed by atoms with Gasteiger partial charge < -0.3 is 4.90 Å². The number of likely N-dealkylation sites (tertiary alicyclic amines) is 1. The van der Waals surface area contributed by atoms with Gasteiger partial charge in [-0.2, -0.15) is 0 Å². The molecule has 2 aromatic rings. The average Bonchev–Trinajstić information content (AvgIpc) is 2.68. The fourth-order valence-electron chi connectivity index (χ4n) is 3.17. The third kappa shape index (κ3) is 3.77. The lowest BCUT2D eigenvalue weighted by Gasteiger charge is -2.32. The molecule has 1 aliphatic rings. The van der Waals surface area contributed by atoms with Gasteiger partial charge in [-0.25, -0.2) is 13.8 Å². The number of aromatic nitrogens is 1. The fraction of sp³-hybridized carbons (Fsp3) is 0.316. The van der Waals surface area contributed by atoms with E-state index in [2.05, 4.69) is 4.98 Å². The predicted molar refractivity (Wildman–Crippen MR) is 95.3 cm³/mol. The van der Waals surface area contributed by atoms with Gasteiger partial charge >= 0.3 is 0 Å². The second-order valence-electron chi connectivity index (χ2n) is 6.14. The molecule has 2 heterocycles. The summed E-state index contributed by atoms with van der Waals surface area (Å²) in [5, 5.41) is 0.627. The molecular formula is C19H18F2N2O2S. The zero-order chi connectivity index (χ0) is 18.7. The van der Waals surface area contributed by atoms with Crippen molar-refractivity contribution in [1.82, 2.24) is 9.88 Å². The number of carbonyl (C=O) groups excluding carboxylic acids is 2. The summed E-state index contributed by atoms with van der Waals surface area (Å²) in [7, 11) is 0. The van der Waals surface area contributed by atoms with Gasteiger partial charge in [-0.05, 0) is 49.4 Å². The maximum Gasteiger partial charge on any atom is 0.256 e. The van der Waals surface area contributed by atoms with Crippen LogP contribution in [0, 0.1) is 17.6 Å². The summed E-state index contributed by atoms with van der Waals surface area (Å²) in [4.78, 5) is 31.3. The molecular weight excluding hydrogens is 358 g/mol. The number of carbonyl (C=O) groups is 2. The standard InChI is InChI=1S/C19H18F2N2O2S/c1-26-18-14(5-2-8-22-18)19(25)23-9-3-4-12(11-23)17(24)15-10-13(20)6-7-16(15)21/h2,5-8,10,12H,3-4,9,11H2,1H3/t12-/m0/s1. The number of ketones is 1. The Morgan fingerprint density at radius 3 is 2.81 bits per heavy atom. The summed E-state index contributed by atoms with van der Waals surface area (Å²) < 4.78 is 27.3. The van der Waals surface area contributed by atoms with Gasteiger partial charge in [0.2, 0.25) is 0 Å². The Bertz CT molecular complexity index is 844. The van der Waals surface area contributed by atoms with Crippen LogP contribution in [0.4, 0.5) is 8.78 Å². The van der Waals surface area contributed by atoms with E-state index in [-0.39, 0.29) is 18.0 Å².